The zero-order chi connectivity index (χ0) is 12.3. The van der Waals surface area contributed by atoms with Gasteiger partial charge in [0, 0.05) is 19.0 Å². The molecule has 1 aliphatic carbocycles. The van der Waals surface area contributed by atoms with Gasteiger partial charge in [-0.05, 0) is 44.9 Å². The third-order valence-corrected chi connectivity index (χ3v) is 4.09. The highest BCUT2D eigenvalue weighted by molar-refractivity contribution is 5.79. The number of rotatable bonds is 2. The van der Waals surface area contributed by atoms with Crippen molar-refractivity contribution in [2.24, 2.45) is 11.8 Å². The van der Waals surface area contributed by atoms with E-state index >= 15 is 0 Å². The van der Waals surface area contributed by atoms with E-state index in [4.69, 9.17) is 5.11 Å². The fourth-order valence-electron chi connectivity index (χ4n) is 2.96. The van der Waals surface area contributed by atoms with Gasteiger partial charge in [0.2, 0.25) is 5.91 Å². The van der Waals surface area contributed by atoms with Crippen LogP contribution in [-0.2, 0) is 9.59 Å². The lowest BCUT2D eigenvalue weighted by Crippen LogP contribution is -2.41. The molecule has 1 amide bonds. The minimum atomic E-state index is -0.700. The number of piperidine rings is 1. The highest BCUT2D eigenvalue weighted by atomic mass is 16.4. The summed E-state index contributed by atoms with van der Waals surface area (Å²) < 4.78 is 0. The van der Waals surface area contributed by atoms with Gasteiger partial charge in [0.25, 0.3) is 0 Å². The molecule has 1 saturated carbocycles. The average Bonchev–Trinajstić information content (AvgIpc) is 2.39. The number of carboxylic acids is 1. The molecule has 0 aromatic heterocycles. The summed E-state index contributed by atoms with van der Waals surface area (Å²) in [5, 5.41) is 8.92. The number of hydrogen-bond donors (Lipinski definition) is 1. The number of carboxylic acid groups (broad SMARTS) is 1. The number of aliphatic carboxylic acids is 1. The first kappa shape index (κ1) is 12.4. The van der Waals surface area contributed by atoms with E-state index in [-0.39, 0.29) is 17.7 Å². The van der Waals surface area contributed by atoms with Crippen LogP contribution in [0.1, 0.15) is 44.9 Å². The Morgan fingerprint density at radius 2 is 1.41 bits per heavy atom. The van der Waals surface area contributed by atoms with Crippen molar-refractivity contribution < 1.29 is 14.7 Å². The van der Waals surface area contributed by atoms with E-state index in [0.717, 1.165) is 38.8 Å². The molecule has 0 unspecified atom stereocenters. The molecule has 17 heavy (non-hydrogen) atoms. The van der Waals surface area contributed by atoms with Gasteiger partial charge >= 0.3 is 5.97 Å². The molecule has 1 N–H and O–H groups in total. The molecule has 2 rings (SSSR count). The largest absolute Gasteiger partial charge is 0.481 e. The van der Waals surface area contributed by atoms with Gasteiger partial charge in [0.1, 0.15) is 0 Å². The van der Waals surface area contributed by atoms with Gasteiger partial charge in [-0.25, -0.2) is 0 Å². The molecule has 1 heterocycles. The second kappa shape index (κ2) is 5.52. The van der Waals surface area contributed by atoms with Crippen LogP contribution in [-0.4, -0.2) is 35.0 Å². The zero-order valence-electron chi connectivity index (χ0n) is 10.2. The highest BCUT2D eigenvalue weighted by Crippen LogP contribution is 2.30. The third kappa shape index (κ3) is 2.99. The summed E-state index contributed by atoms with van der Waals surface area (Å²) in [7, 11) is 0. The van der Waals surface area contributed by atoms with Crippen LogP contribution in [0.15, 0.2) is 0 Å². The maximum atomic E-state index is 12.2. The molecule has 0 spiro atoms. The van der Waals surface area contributed by atoms with Crippen molar-refractivity contribution in [3.63, 3.8) is 0 Å². The Bertz CT molecular complexity index is 289. The number of amides is 1. The summed E-state index contributed by atoms with van der Waals surface area (Å²) >= 11 is 0. The summed E-state index contributed by atoms with van der Waals surface area (Å²) in [4.78, 5) is 25.0. The van der Waals surface area contributed by atoms with Crippen molar-refractivity contribution in [2.45, 2.75) is 44.9 Å². The molecule has 2 fully saturated rings. The second-order valence-corrected chi connectivity index (χ2v) is 5.27. The van der Waals surface area contributed by atoms with E-state index in [1.807, 2.05) is 4.90 Å². The highest BCUT2D eigenvalue weighted by Gasteiger charge is 2.32. The van der Waals surface area contributed by atoms with Crippen LogP contribution in [0.2, 0.25) is 0 Å². The summed E-state index contributed by atoms with van der Waals surface area (Å²) in [6, 6.07) is 0. The Hall–Kier alpha value is -1.06. The number of likely N-dealkylation sites (tertiary alicyclic amines) is 1. The standard InChI is InChI=1S/C13H21NO3/c15-12(14-8-2-1-3-9-14)10-4-6-11(7-5-10)13(16)17/h10-11H,1-9H2,(H,16,17). The summed E-state index contributed by atoms with van der Waals surface area (Å²) in [6.45, 7) is 1.80. The lowest BCUT2D eigenvalue weighted by Gasteiger charge is -2.33. The fraction of sp³-hybridized carbons (Fsp3) is 0.846. The number of hydrogen-bond acceptors (Lipinski definition) is 2. The maximum Gasteiger partial charge on any atom is 0.306 e. The lowest BCUT2D eigenvalue weighted by molar-refractivity contribution is -0.146. The molecular formula is C13H21NO3. The van der Waals surface area contributed by atoms with Crippen LogP contribution < -0.4 is 0 Å². The van der Waals surface area contributed by atoms with Gasteiger partial charge in [-0.2, -0.15) is 0 Å². The SMILES string of the molecule is O=C(O)C1CCC(C(=O)N2CCCCC2)CC1. The Labute approximate surface area is 102 Å². The molecule has 4 heteroatoms. The molecule has 0 radical (unpaired) electrons. The molecular weight excluding hydrogens is 218 g/mol. The first-order valence-electron chi connectivity index (χ1n) is 6.70. The van der Waals surface area contributed by atoms with E-state index < -0.39 is 5.97 Å². The second-order valence-electron chi connectivity index (χ2n) is 5.27. The maximum absolute atomic E-state index is 12.2. The quantitative estimate of drug-likeness (QED) is 0.800. The van der Waals surface area contributed by atoms with Crippen molar-refractivity contribution >= 4 is 11.9 Å². The van der Waals surface area contributed by atoms with Crippen molar-refractivity contribution in [3.05, 3.63) is 0 Å². The number of carbonyl (C=O) groups is 2. The van der Waals surface area contributed by atoms with Crippen LogP contribution in [0, 0.1) is 11.8 Å². The Kier molecular flexibility index (Phi) is 4.02. The zero-order valence-corrected chi connectivity index (χ0v) is 10.2. The Balaban J connectivity index is 1.83. The van der Waals surface area contributed by atoms with Crippen molar-refractivity contribution in [1.82, 2.24) is 4.90 Å². The summed E-state index contributed by atoms with van der Waals surface area (Å²) in [5.41, 5.74) is 0. The number of carbonyl (C=O) groups excluding carboxylic acids is 1. The van der Waals surface area contributed by atoms with Gasteiger partial charge in [-0.1, -0.05) is 0 Å². The van der Waals surface area contributed by atoms with Gasteiger partial charge < -0.3 is 10.0 Å². The minimum absolute atomic E-state index is 0.0868. The minimum Gasteiger partial charge on any atom is -0.481 e. The smallest absolute Gasteiger partial charge is 0.306 e. The van der Waals surface area contributed by atoms with Crippen LogP contribution in [0.3, 0.4) is 0 Å². The van der Waals surface area contributed by atoms with E-state index in [2.05, 4.69) is 0 Å². The normalized spacial score (nSPS) is 30.0. The van der Waals surface area contributed by atoms with Crippen molar-refractivity contribution in [2.75, 3.05) is 13.1 Å². The lowest BCUT2D eigenvalue weighted by atomic mass is 9.81. The Morgan fingerprint density at radius 3 is 1.94 bits per heavy atom. The van der Waals surface area contributed by atoms with E-state index in [1.165, 1.54) is 6.42 Å². The van der Waals surface area contributed by atoms with Gasteiger partial charge in [0.05, 0.1) is 5.92 Å². The van der Waals surface area contributed by atoms with E-state index in [1.54, 1.807) is 0 Å². The van der Waals surface area contributed by atoms with Gasteiger partial charge in [-0.3, -0.25) is 9.59 Å². The predicted octanol–water partition coefficient (Wildman–Crippen LogP) is 1.89. The summed E-state index contributed by atoms with van der Waals surface area (Å²) in [6.07, 6.45) is 6.32. The molecule has 1 saturated heterocycles. The van der Waals surface area contributed by atoms with Crippen LogP contribution in [0.5, 0.6) is 0 Å². The van der Waals surface area contributed by atoms with Gasteiger partial charge in [0.15, 0.2) is 0 Å². The molecule has 0 bridgehead atoms. The predicted molar refractivity (Wildman–Crippen MR) is 63.5 cm³/mol. The summed E-state index contributed by atoms with van der Waals surface area (Å²) in [5.74, 6) is -0.563. The Morgan fingerprint density at radius 1 is 0.882 bits per heavy atom. The molecule has 4 nitrogen and oxygen atoms in total. The van der Waals surface area contributed by atoms with E-state index in [9.17, 15) is 9.59 Å². The molecule has 0 aromatic rings. The van der Waals surface area contributed by atoms with Crippen LogP contribution in [0.25, 0.3) is 0 Å². The topological polar surface area (TPSA) is 57.6 Å². The fourth-order valence-corrected chi connectivity index (χ4v) is 2.96. The van der Waals surface area contributed by atoms with Crippen LogP contribution in [0.4, 0.5) is 0 Å². The first-order valence-corrected chi connectivity index (χ1v) is 6.70. The van der Waals surface area contributed by atoms with Gasteiger partial charge in [-0.15, -0.1) is 0 Å². The van der Waals surface area contributed by atoms with Crippen molar-refractivity contribution in [1.29, 1.82) is 0 Å². The molecule has 96 valence electrons. The third-order valence-electron chi connectivity index (χ3n) is 4.09. The van der Waals surface area contributed by atoms with Crippen LogP contribution >= 0.6 is 0 Å². The average molecular weight is 239 g/mol. The monoisotopic (exact) mass is 239 g/mol. The molecule has 1 aliphatic heterocycles. The molecule has 0 atom stereocenters. The van der Waals surface area contributed by atoms with Crippen molar-refractivity contribution in [3.8, 4) is 0 Å². The van der Waals surface area contributed by atoms with E-state index in [0.29, 0.717) is 12.8 Å². The molecule has 2 aliphatic rings. The number of nitrogens with zero attached hydrogens (tertiary/aromatic N) is 1. The molecule has 0 aromatic carbocycles. The first-order chi connectivity index (χ1) is 8.18.